The van der Waals surface area contributed by atoms with E-state index in [1.165, 1.54) is 5.56 Å². The van der Waals surface area contributed by atoms with Crippen LogP contribution in [0.15, 0.2) is 71.2 Å². The molecule has 0 saturated heterocycles. The molecule has 5 aromatic rings. The predicted octanol–water partition coefficient (Wildman–Crippen LogP) is 10.2. The summed E-state index contributed by atoms with van der Waals surface area (Å²) >= 11 is 24.4. The van der Waals surface area contributed by atoms with E-state index in [2.05, 4.69) is 51.7 Å². The van der Waals surface area contributed by atoms with E-state index in [4.69, 9.17) is 50.0 Å². The molecule has 0 bridgehead atoms. The average Bonchev–Trinajstić information content (AvgIpc) is 3.51. The molecule has 9 heteroatoms. The van der Waals surface area contributed by atoms with Crippen molar-refractivity contribution < 1.29 is 0 Å². The van der Waals surface area contributed by atoms with Crippen molar-refractivity contribution >= 4 is 62.1 Å². The van der Waals surface area contributed by atoms with Crippen molar-refractivity contribution in [1.29, 1.82) is 0 Å². The Morgan fingerprint density at radius 1 is 0.923 bits per heavy atom. The standard InChI is InChI=1S/C30H24BrCl3N4S/c1-2-4-25-26(28-36-37-29(39-28)30(15-3-16-30)18-5-9-20(32)10-6-18)35-27(23-14-11-21(33)17-24(23)34)38(25)22-12-7-19(31)8-13-22/h5-14,17H,2-4,15-16H2,1H3. The predicted molar refractivity (Wildman–Crippen MR) is 166 cm³/mol. The zero-order valence-electron chi connectivity index (χ0n) is 21.1. The summed E-state index contributed by atoms with van der Waals surface area (Å²) in [5.74, 6) is 0.755. The zero-order chi connectivity index (χ0) is 27.1. The highest BCUT2D eigenvalue weighted by atomic mass is 79.9. The Bertz CT molecular complexity index is 1640. The second kappa shape index (κ2) is 11.0. The quantitative estimate of drug-likeness (QED) is 0.175. The second-order valence-electron chi connectivity index (χ2n) is 9.77. The van der Waals surface area contributed by atoms with Crippen LogP contribution in [-0.2, 0) is 11.8 Å². The van der Waals surface area contributed by atoms with Crippen molar-refractivity contribution in [2.45, 2.75) is 44.4 Å². The van der Waals surface area contributed by atoms with Crippen LogP contribution in [0, 0.1) is 0 Å². The molecule has 1 fully saturated rings. The molecule has 0 aliphatic heterocycles. The number of hydrogen-bond acceptors (Lipinski definition) is 4. The number of hydrogen-bond donors (Lipinski definition) is 0. The molecule has 0 unspecified atom stereocenters. The topological polar surface area (TPSA) is 43.6 Å². The summed E-state index contributed by atoms with van der Waals surface area (Å²) in [6.45, 7) is 2.17. The molecule has 6 rings (SSSR count). The molecule has 2 heterocycles. The minimum Gasteiger partial charge on any atom is -0.296 e. The molecule has 39 heavy (non-hydrogen) atoms. The summed E-state index contributed by atoms with van der Waals surface area (Å²) in [4.78, 5) is 5.20. The van der Waals surface area contributed by atoms with Crippen molar-refractivity contribution in [3.63, 3.8) is 0 Å². The van der Waals surface area contributed by atoms with Gasteiger partial charge in [0.25, 0.3) is 0 Å². The van der Waals surface area contributed by atoms with Crippen molar-refractivity contribution in [3.8, 4) is 27.8 Å². The fourth-order valence-electron chi connectivity index (χ4n) is 5.25. The first-order valence-corrected chi connectivity index (χ1v) is 15.6. The highest BCUT2D eigenvalue weighted by molar-refractivity contribution is 9.10. The molecule has 2 aromatic heterocycles. The summed E-state index contributed by atoms with van der Waals surface area (Å²) in [6.07, 6.45) is 5.02. The molecule has 0 N–H and O–H groups in total. The van der Waals surface area contributed by atoms with Gasteiger partial charge in [0.05, 0.1) is 10.7 Å². The van der Waals surface area contributed by atoms with Gasteiger partial charge < -0.3 is 0 Å². The first kappa shape index (κ1) is 27.0. The fourth-order valence-corrected chi connectivity index (χ4v) is 7.26. The van der Waals surface area contributed by atoms with Crippen LogP contribution < -0.4 is 0 Å². The summed E-state index contributed by atoms with van der Waals surface area (Å²) in [5, 5.41) is 13.2. The summed E-state index contributed by atoms with van der Waals surface area (Å²) in [5.41, 5.74) is 4.86. The van der Waals surface area contributed by atoms with E-state index in [-0.39, 0.29) is 5.41 Å². The van der Waals surface area contributed by atoms with Gasteiger partial charge in [-0.15, -0.1) is 10.2 Å². The molecular formula is C30H24BrCl3N4S. The van der Waals surface area contributed by atoms with Crippen LogP contribution in [-0.4, -0.2) is 19.7 Å². The Hall–Kier alpha value is -2.22. The van der Waals surface area contributed by atoms with Crippen molar-refractivity contribution in [2.75, 3.05) is 0 Å². The van der Waals surface area contributed by atoms with Gasteiger partial charge in [-0.2, -0.15) is 0 Å². The second-order valence-corrected chi connectivity index (χ2v) is 12.9. The van der Waals surface area contributed by atoms with Crippen molar-refractivity contribution in [3.05, 3.63) is 103 Å². The molecule has 1 aliphatic rings. The summed E-state index contributed by atoms with van der Waals surface area (Å²) in [6, 6.07) is 21.9. The minimum atomic E-state index is -0.123. The van der Waals surface area contributed by atoms with Gasteiger partial charge in [-0.05, 0) is 79.4 Å². The Kier molecular flexibility index (Phi) is 7.60. The summed E-state index contributed by atoms with van der Waals surface area (Å²) < 4.78 is 3.20. The highest BCUT2D eigenvalue weighted by Gasteiger charge is 2.43. The molecule has 1 saturated carbocycles. The monoisotopic (exact) mass is 656 g/mol. The van der Waals surface area contributed by atoms with Gasteiger partial charge in [0.15, 0.2) is 5.01 Å². The number of aromatic nitrogens is 4. The lowest BCUT2D eigenvalue weighted by Gasteiger charge is -2.40. The van der Waals surface area contributed by atoms with E-state index in [0.717, 1.165) is 80.1 Å². The number of rotatable bonds is 7. The maximum absolute atomic E-state index is 6.72. The third kappa shape index (κ3) is 4.95. The van der Waals surface area contributed by atoms with Crippen molar-refractivity contribution in [1.82, 2.24) is 19.7 Å². The zero-order valence-corrected chi connectivity index (χ0v) is 25.8. The van der Waals surface area contributed by atoms with E-state index in [1.807, 2.05) is 36.4 Å². The molecule has 1 aliphatic carbocycles. The molecule has 0 atom stereocenters. The molecule has 0 amide bonds. The Morgan fingerprint density at radius 2 is 1.64 bits per heavy atom. The lowest BCUT2D eigenvalue weighted by atomic mass is 9.65. The smallest absolute Gasteiger partial charge is 0.168 e. The summed E-state index contributed by atoms with van der Waals surface area (Å²) in [7, 11) is 0. The number of nitrogens with zero attached hydrogens (tertiary/aromatic N) is 4. The van der Waals surface area contributed by atoms with Gasteiger partial charge in [-0.3, -0.25) is 4.57 Å². The van der Waals surface area contributed by atoms with E-state index >= 15 is 0 Å². The van der Waals surface area contributed by atoms with Crippen LogP contribution in [0.5, 0.6) is 0 Å². The molecule has 0 radical (unpaired) electrons. The molecule has 4 nitrogen and oxygen atoms in total. The van der Waals surface area contributed by atoms with Gasteiger partial charge in [0.2, 0.25) is 0 Å². The van der Waals surface area contributed by atoms with Gasteiger partial charge in [-0.1, -0.05) is 94.0 Å². The Balaban J connectivity index is 1.53. The van der Waals surface area contributed by atoms with Gasteiger partial charge in [0.1, 0.15) is 16.5 Å². The average molecular weight is 659 g/mol. The lowest BCUT2D eigenvalue weighted by molar-refractivity contribution is 0.299. The normalized spacial score (nSPS) is 14.4. The maximum atomic E-state index is 6.72. The van der Waals surface area contributed by atoms with Gasteiger partial charge in [0, 0.05) is 31.2 Å². The minimum absolute atomic E-state index is 0.123. The van der Waals surface area contributed by atoms with Crippen LogP contribution in [0.3, 0.4) is 0 Å². The van der Waals surface area contributed by atoms with Crippen LogP contribution in [0.4, 0.5) is 0 Å². The van der Waals surface area contributed by atoms with Crippen LogP contribution in [0.25, 0.3) is 27.8 Å². The lowest BCUT2D eigenvalue weighted by Crippen LogP contribution is -2.35. The first-order chi connectivity index (χ1) is 18.9. The fraction of sp³-hybridized carbons (Fsp3) is 0.233. The highest BCUT2D eigenvalue weighted by Crippen LogP contribution is 2.51. The molecule has 3 aromatic carbocycles. The Labute approximate surface area is 255 Å². The molecule has 198 valence electrons. The Morgan fingerprint density at radius 3 is 2.28 bits per heavy atom. The molecular weight excluding hydrogens is 635 g/mol. The number of halogens is 4. The third-order valence-corrected chi connectivity index (χ3v) is 9.82. The van der Waals surface area contributed by atoms with E-state index in [0.29, 0.717) is 10.0 Å². The van der Waals surface area contributed by atoms with E-state index in [1.54, 1.807) is 17.4 Å². The van der Waals surface area contributed by atoms with Crippen LogP contribution in [0.2, 0.25) is 15.1 Å². The van der Waals surface area contributed by atoms with Crippen molar-refractivity contribution in [2.24, 2.45) is 0 Å². The number of benzene rings is 3. The third-order valence-electron chi connectivity index (χ3n) is 7.36. The van der Waals surface area contributed by atoms with Gasteiger partial charge in [-0.25, -0.2) is 4.98 Å². The largest absolute Gasteiger partial charge is 0.296 e. The first-order valence-electron chi connectivity index (χ1n) is 12.8. The van der Waals surface area contributed by atoms with E-state index < -0.39 is 0 Å². The molecule has 0 spiro atoms. The SMILES string of the molecule is CCCc1c(-c2nnc(C3(c4ccc(Cl)cc4)CCC3)s2)nc(-c2ccc(Cl)cc2Cl)n1-c1ccc(Br)cc1. The van der Waals surface area contributed by atoms with Gasteiger partial charge >= 0.3 is 0 Å². The maximum Gasteiger partial charge on any atom is 0.168 e. The van der Waals surface area contributed by atoms with E-state index in [9.17, 15) is 0 Å². The van der Waals surface area contributed by atoms with Crippen LogP contribution in [0.1, 0.15) is 48.9 Å². The van der Waals surface area contributed by atoms with Crippen LogP contribution >= 0.6 is 62.1 Å². The number of imidazole rings is 1.